The lowest BCUT2D eigenvalue weighted by Gasteiger charge is -2.24. The molecule has 0 bridgehead atoms. The largest absolute Gasteiger partial charge is 0.496 e. The van der Waals surface area contributed by atoms with Crippen molar-refractivity contribution in [3.8, 4) is 16.9 Å². The Morgan fingerprint density at radius 2 is 2.00 bits per heavy atom. The van der Waals surface area contributed by atoms with Gasteiger partial charge in [0.15, 0.2) is 0 Å². The molecule has 3 rings (SSSR count). The van der Waals surface area contributed by atoms with Crippen molar-refractivity contribution in [1.82, 2.24) is 4.31 Å². The highest BCUT2D eigenvalue weighted by Crippen LogP contribution is 2.35. The van der Waals surface area contributed by atoms with Crippen molar-refractivity contribution in [3.05, 3.63) is 47.5 Å². The van der Waals surface area contributed by atoms with Gasteiger partial charge >= 0.3 is 0 Å². The number of methoxy groups -OCH3 is 2. The van der Waals surface area contributed by atoms with Gasteiger partial charge in [-0.25, -0.2) is 8.42 Å². The summed E-state index contributed by atoms with van der Waals surface area (Å²) in [5.74, 6) is 0.598. The molecular weight excluding hydrogens is 374 g/mol. The molecule has 1 saturated heterocycles. The molecule has 2 aromatic rings. The van der Waals surface area contributed by atoms with Crippen LogP contribution in [0, 0.1) is 0 Å². The van der Waals surface area contributed by atoms with E-state index in [2.05, 4.69) is 0 Å². The van der Waals surface area contributed by atoms with Crippen LogP contribution in [0.25, 0.3) is 11.1 Å². The van der Waals surface area contributed by atoms with Gasteiger partial charge in [0.05, 0.1) is 18.6 Å². The van der Waals surface area contributed by atoms with Crippen molar-refractivity contribution < 1.29 is 17.9 Å². The molecule has 0 amide bonds. The Morgan fingerprint density at radius 1 is 1.19 bits per heavy atom. The van der Waals surface area contributed by atoms with Gasteiger partial charge in [0.25, 0.3) is 0 Å². The highest BCUT2D eigenvalue weighted by molar-refractivity contribution is 7.89. The zero-order chi connectivity index (χ0) is 18.7. The van der Waals surface area contributed by atoms with Gasteiger partial charge in [-0.05, 0) is 48.7 Å². The maximum Gasteiger partial charge on any atom is 0.243 e. The van der Waals surface area contributed by atoms with Gasteiger partial charge in [0.1, 0.15) is 5.75 Å². The Bertz CT molecular complexity index is 885. The molecule has 140 valence electrons. The van der Waals surface area contributed by atoms with E-state index in [1.807, 2.05) is 12.1 Å². The molecule has 7 heteroatoms. The molecule has 0 N–H and O–H groups in total. The van der Waals surface area contributed by atoms with Crippen molar-refractivity contribution in [3.63, 3.8) is 0 Å². The Balaban J connectivity index is 2.04. The summed E-state index contributed by atoms with van der Waals surface area (Å²) in [7, 11) is -0.458. The quantitative estimate of drug-likeness (QED) is 0.746. The summed E-state index contributed by atoms with van der Waals surface area (Å²) in [4.78, 5) is 0.247. The second kappa shape index (κ2) is 7.96. The van der Waals surface area contributed by atoms with E-state index >= 15 is 0 Å². The Kier molecular flexibility index (Phi) is 5.87. The standard InChI is InChI=1S/C19H22ClNO4S/c1-24-13-16-7-4-10-21(16)26(22,23)17-8-9-19(25-2)18(12-17)14-5-3-6-15(20)11-14/h3,5-6,8-9,11-12,16H,4,7,10,13H2,1-2H3/t16-/m0/s1. The summed E-state index contributed by atoms with van der Waals surface area (Å²) in [6.45, 7) is 0.908. The van der Waals surface area contributed by atoms with Gasteiger partial charge in [-0.15, -0.1) is 0 Å². The lowest BCUT2D eigenvalue weighted by molar-refractivity contribution is 0.149. The summed E-state index contributed by atoms with van der Waals surface area (Å²) in [5, 5.41) is 0.581. The predicted octanol–water partition coefficient (Wildman–Crippen LogP) is 3.82. The third-order valence-corrected chi connectivity index (χ3v) is 6.78. The van der Waals surface area contributed by atoms with Crippen LogP contribution in [0.2, 0.25) is 5.02 Å². The second-order valence-electron chi connectivity index (χ2n) is 6.24. The maximum absolute atomic E-state index is 13.2. The van der Waals surface area contributed by atoms with Crippen LogP contribution in [-0.4, -0.2) is 46.1 Å². The molecule has 0 unspecified atom stereocenters. The molecule has 0 spiro atoms. The van der Waals surface area contributed by atoms with Crippen LogP contribution in [0.5, 0.6) is 5.75 Å². The molecule has 1 heterocycles. The Hall–Kier alpha value is -1.60. The molecular formula is C19H22ClNO4S. The van der Waals surface area contributed by atoms with E-state index in [4.69, 9.17) is 21.1 Å². The van der Waals surface area contributed by atoms with Crippen molar-refractivity contribution in [2.75, 3.05) is 27.4 Å². The summed E-state index contributed by atoms with van der Waals surface area (Å²) in [6, 6.07) is 12.1. The second-order valence-corrected chi connectivity index (χ2v) is 8.57. The minimum atomic E-state index is -3.61. The molecule has 0 saturated carbocycles. The number of hydrogen-bond acceptors (Lipinski definition) is 4. The summed E-state index contributed by atoms with van der Waals surface area (Å²) in [6.07, 6.45) is 1.65. The zero-order valence-corrected chi connectivity index (χ0v) is 16.4. The number of ether oxygens (including phenoxy) is 2. The lowest BCUT2D eigenvalue weighted by Crippen LogP contribution is -2.38. The van der Waals surface area contributed by atoms with Crippen LogP contribution in [0.4, 0.5) is 0 Å². The fourth-order valence-corrected chi connectivity index (χ4v) is 5.25. The third-order valence-electron chi connectivity index (χ3n) is 4.60. The number of benzene rings is 2. The zero-order valence-electron chi connectivity index (χ0n) is 14.8. The van der Waals surface area contributed by atoms with Gasteiger partial charge in [-0.1, -0.05) is 23.7 Å². The summed E-state index contributed by atoms with van der Waals surface area (Å²) >= 11 is 6.10. The van der Waals surface area contributed by atoms with Gasteiger partial charge in [0.2, 0.25) is 10.0 Å². The van der Waals surface area contributed by atoms with Crippen LogP contribution in [0.15, 0.2) is 47.4 Å². The van der Waals surface area contributed by atoms with Gasteiger partial charge in [-0.3, -0.25) is 0 Å². The van der Waals surface area contributed by atoms with Crippen molar-refractivity contribution in [1.29, 1.82) is 0 Å². The number of nitrogens with zero attached hydrogens (tertiary/aromatic N) is 1. The van der Waals surface area contributed by atoms with Crippen LogP contribution >= 0.6 is 11.6 Å². The van der Waals surface area contributed by atoms with E-state index in [9.17, 15) is 8.42 Å². The molecule has 26 heavy (non-hydrogen) atoms. The number of hydrogen-bond donors (Lipinski definition) is 0. The van der Waals surface area contributed by atoms with Gasteiger partial charge < -0.3 is 9.47 Å². The van der Waals surface area contributed by atoms with E-state index in [0.29, 0.717) is 29.5 Å². The lowest BCUT2D eigenvalue weighted by atomic mass is 10.0. The summed E-state index contributed by atoms with van der Waals surface area (Å²) < 4.78 is 38.5. The number of halogens is 1. The third kappa shape index (κ3) is 3.74. The Labute approximate surface area is 159 Å². The molecule has 0 radical (unpaired) electrons. The van der Waals surface area contributed by atoms with Crippen LogP contribution < -0.4 is 4.74 Å². The highest BCUT2D eigenvalue weighted by Gasteiger charge is 2.35. The topological polar surface area (TPSA) is 55.8 Å². The molecule has 0 aromatic heterocycles. The molecule has 5 nitrogen and oxygen atoms in total. The van der Waals surface area contributed by atoms with E-state index in [-0.39, 0.29) is 10.9 Å². The number of rotatable bonds is 6. The monoisotopic (exact) mass is 395 g/mol. The summed E-state index contributed by atoms with van der Waals surface area (Å²) in [5.41, 5.74) is 1.50. The molecule has 1 atom stereocenters. The first-order valence-corrected chi connectivity index (χ1v) is 10.2. The van der Waals surface area contributed by atoms with E-state index in [1.54, 1.807) is 48.9 Å². The average molecular weight is 396 g/mol. The smallest absolute Gasteiger partial charge is 0.243 e. The molecule has 2 aromatic carbocycles. The maximum atomic E-state index is 13.2. The predicted molar refractivity (Wildman–Crippen MR) is 102 cm³/mol. The molecule has 0 aliphatic carbocycles. The van der Waals surface area contributed by atoms with Crippen molar-refractivity contribution >= 4 is 21.6 Å². The van der Waals surface area contributed by atoms with Crippen molar-refractivity contribution in [2.24, 2.45) is 0 Å². The minimum Gasteiger partial charge on any atom is -0.496 e. The Morgan fingerprint density at radius 3 is 2.69 bits per heavy atom. The fourth-order valence-electron chi connectivity index (χ4n) is 3.35. The fraction of sp³-hybridized carbons (Fsp3) is 0.368. The van der Waals surface area contributed by atoms with Gasteiger partial charge in [-0.2, -0.15) is 4.31 Å². The van der Waals surface area contributed by atoms with Crippen molar-refractivity contribution in [2.45, 2.75) is 23.8 Å². The van der Waals surface area contributed by atoms with Crippen LogP contribution in [0.1, 0.15) is 12.8 Å². The SMILES string of the molecule is COC[C@@H]1CCCN1S(=O)(=O)c1ccc(OC)c(-c2cccc(Cl)c2)c1. The first-order valence-electron chi connectivity index (χ1n) is 8.42. The van der Waals surface area contributed by atoms with Crippen LogP contribution in [-0.2, 0) is 14.8 Å². The van der Waals surface area contributed by atoms with E-state index < -0.39 is 10.0 Å². The normalized spacial score (nSPS) is 18.2. The van der Waals surface area contributed by atoms with Gasteiger partial charge in [0, 0.05) is 30.3 Å². The average Bonchev–Trinajstić information content (AvgIpc) is 3.10. The van der Waals surface area contributed by atoms with Crippen LogP contribution in [0.3, 0.4) is 0 Å². The first-order chi connectivity index (χ1) is 12.5. The number of sulfonamides is 1. The van der Waals surface area contributed by atoms with E-state index in [1.165, 1.54) is 0 Å². The highest BCUT2D eigenvalue weighted by atomic mass is 35.5. The minimum absolute atomic E-state index is 0.123. The first kappa shape index (κ1) is 19.2. The molecule has 1 fully saturated rings. The molecule has 1 aliphatic rings. The molecule has 1 aliphatic heterocycles. The van der Waals surface area contributed by atoms with E-state index in [0.717, 1.165) is 18.4 Å².